The number of benzene rings is 2. The summed E-state index contributed by atoms with van der Waals surface area (Å²) in [6, 6.07) is 19.9. The molecule has 0 aliphatic rings. The molecule has 0 amide bonds. The molecule has 11 heteroatoms. The quantitative estimate of drug-likeness (QED) is 0.197. The maximum absolute atomic E-state index is 12.9. The number of aromatic nitrogens is 4. The highest BCUT2D eigenvalue weighted by Crippen LogP contribution is 2.24. The average molecular weight is 457 g/mol. The van der Waals surface area contributed by atoms with Gasteiger partial charge in [-0.15, -0.1) is 0 Å². The van der Waals surface area contributed by atoms with E-state index in [0.29, 0.717) is 22.7 Å². The maximum Gasteiger partial charge on any atom is 0.357 e. The average Bonchev–Trinajstić information content (AvgIpc) is 3.64. The van der Waals surface area contributed by atoms with Gasteiger partial charge in [0.25, 0.3) is 11.6 Å². The van der Waals surface area contributed by atoms with Crippen molar-refractivity contribution < 1.29 is 23.4 Å². The third-order valence-electron chi connectivity index (χ3n) is 4.82. The summed E-state index contributed by atoms with van der Waals surface area (Å²) in [6.45, 7) is -0.269. The SMILES string of the molecule is O=C(OCc1nc(-c2ccc([N+](=O)[O-])cc2)no1)c1cc(-c2ccco2)nn1-c1ccccc1. The summed E-state index contributed by atoms with van der Waals surface area (Å²) in [7, 11) is 0. The molecule has 0 saturated heterocycles. The number of nitro groups is 1. The smallest absolute Gasteiger partial charge is 0.357 e. The van der Waals surface area contributed by atoms with Gasteiger partial charge < -0.3 is 13.7 Å². The number of rotatable bonds is 7. The molecule has 34 heavy (non-hydrogen) atoms. The molecule has 2 aromatic carbocycles. The Kier molecular flexibility index (Phi) is 5.40. The van der Waals surface area contributed by atoms with Crippen molar-refractivity contribution >= 4 is 11.7 Å². The van der Waals surface area contributed by atoms with Crippen LogP contribution in [-0.2, 0) is 11.3 Å². The van der Waals surface area contributed by atoms with Crippen LogP contribution in [0.25, 0.3) is 28.5 Å². The molecule has 0 aliphatic heterocycles. The summed E-state index contributed by atoms with van der Waals surface area (Å²) in [5, 5.41) is 19.1. The Labute approximate surface area is 191 Å². The number of carbonyl (C=O) groups excluding carboxylic acids is 1. The summed E-state index contributed by atoms with van der Waals surface area (Å²) in [4.78, 5) is 27.4. The minimum Gasteiger partial charge on any atom is -0.463 e. The van der Waals surface area contributed by atoms with E-state index >= 15 is 0 Å². The van der Waals surface area contributed by atoms with Gasteiger partial charge in [-0.05, 0) is 36.4 Å². The fourth-order valence-corrected chi connectivity index (χ4v) is 3.20. The molecule has 0 aliphatic carbocycles. The van der Waals surface area contributed by atoms with Crippen molar-refractivity contribution in [1.82, 2.24) is 19.9 Å². The Morgan fingerprint density at radius 2 is 1.85 bits per heavy atom. The van der Waals surface area contributed by atoms with E-state index < -0.39 is 10.9 Å². The molecule has 0 spiro atoms. The van der Waals surface area contributed by atoms with Gasteiger partial charge in [0.15, 0.2) is 18.1 Å². The number of nitrogens with zero attached hydrogens (tertiary/aromatic N) is 5. The first kappa shape index (κ1) is 20.8. The molecule has 5 aromatic rings. The topological polar surface area (TPSA) is 139 Å². The molecular formula is C23H15N5O6. The highest BCUT2D eigenvalue weighted by Gasteiger charge is 2.21. The zero-order valence-corrected chi connectivity index (χ0v) is 17.4. The van der Waals surface area contributed by atoms with Gasteiger partial charge in [0, 0.05) is 23.8 Å². The van der Waals surface area contributed by atoms with Crippen LogP contribution in [0, 0.1) is 10.1 Å². The number of para-hydroxylation sites is 1. The van der Waals surface area contributed by atoms with E-state index in [9.17, 15) is 14.9 Å². The van der Waals surface area contributed by atoms with Crippen LogP contribution in [0.5, 0.6) is 0 Å². The van der Waals surface area contributed by atoms with Crippen LogP contribution in [0.15, 0.2) is 88.0 Å². The molecular weight excluding hydrogens is 442 g/mol. The van der Waals surface area contributed by atoms with Gasteiger partial charge in [-0.2, -0.15) is 10.1 Å². The number of hydrogen-bond acceptors (Lipinski definition) is 9. The van der Waals surface area contributed by atoms with Gasteiger partial charge in [-0.1, -0.05) is 23.4 Å². The summed E-state index contributed by atoms with van der Waals surface area (Å²) >= 11 is 0. The minimum absolute atomic E-state index is 0.0506. The Balaban J connectivity index is 1.34. The van der Waals surface area contributed by atoms with Crippen molar-refractivity contribution in [2.24, 2.45) is 0 Å². The fourth-order valence-electron chi connectivity index (χ4n) is 3.20. The summed E-state index contributed by atoms with van der Waals surface area (Å²) in [6.07, 6.45) is 1.52. The molecule has 0 atom stereocenters. The van der Waals surface area contributed by atoms with Crippen LogP contribution in [-0.4, -0.2) is 30.8 Å². The molecule has 0 N–H and O–H groups in total. The molecule has 168 valence electrons. The summed E-state index contributed by atoms with van der Waals surface area (Å²) < 4.78 is 17.4. The Hall–Kier alpha value is -5.06. The molecule has 0 bridgehead atoms. The lowest BCUT2D eigenvalue weighted by atomic mass is 10.2. The van der Waals surface area contributed by atoms with Crippen molar-refractivity contribution in [2.75, 3.05) is 0 Å². The Bertz CT molecular complexity index is 1440. The Morgan fingerprint density at radius 1 is 1.06 bits per heavy atom. The van der Waals surface area contributed by atoms with Gasteiger partial charge in [0.1, 0.15) is 5.69 Å². The molecule has 0 unspecified atom stereocenters. The van der Waals surface area contributed by atoms with E-state index in [1.807, 2.05) is 30.3 Å². The third kappa shape index (κ3) is 4.17. The van der Waals surface area contributed by atoms with Crippen molar-refractivity contribution in [2.45, 2.75) is 6.61 Å². The normalized spacial score (nSPS) is 10.8. The highest BCUT2D eigenvalue weighted by atomic mass is 16.6. The number of non-ortho nitro benzene ring substituents is 1. The largest absolute Gasteiger partial charge is 0.463 e. The molecule has 0 fully saturated rings. The number of ether oxygens (including phenoxy) is 1. The monoisotopic (exact) mass is 457 g/mol. The Morgan fingerprint density at radius 3 is 2.56 bits per heavy atom. The van der Waals surface area contributed by atoms with E-state index in [1.165, 1.54) is 35.2 Å². The van der Waals surface area contributed by atoms with Gasteiger partial charge in [0.05, 0.1) is 16.9 Å². The zero-order valence-electron chi connectivity index (χ0n) is 17.4. The van der Waals surface area contributed by atoms with Gasteiger partial charge in [0.2, 0.25) is 5.82 Å². The third-order valence-corrected chi connectivity index (χ3v) is 4.82. The van der Waals surface area contributed by atoms with Crippen LogP contribution in [0.4, 0.5) is 5.69 Å². The van der Waals surface area contributed by atoms with Gasteiger partial charge >= 0.3 is 5.97 Å². The van der Waals surface area contributed by atoms with Crippen molar-refractivity contribution in [1.29, 1.82) is 0 Å². The standard InChI is InChI=1S/C23H15N5O6/c29-23(33-14-21-24-22(26-34-21)15-8-10-17(11-9-15)28(30)31)19-13-18(20-7-4-12-32-20)25-27(19)16-5-2-1-3-6-16/h1-13H,14H2. The predicted molar refractivity (Wildman–Crippen MR) is 117 cm³/mol. The fraction of sp³-hybridized carbons (Fsp3) is 0.0435. The van der Waals surface area contributed by atoms with Crippen LogP contribution in [0.2, 0.25) is 0 Å². The first-order valence-corrected chi connectivity index (χ1v) is 10.0. The molecule has 0 radical (unpaired) electrons. The predicted octanol–water partition coefficient (Wildman–Crippen LogP) is 4.45. The van der Waals surface area contributed by atoms with E-state index in [0.717, 1.165) is 0 Å². The van der Waals surface area contributed by atoms with E-state index in [2.05, 4.69) is 15.2 Å². The highest BCUT2D eigenvalue weighted by molar-refractivity contribution is 5.89. The van der Waals surface area contributed by atoms with Gasteiger partial charge in [-0.3, -0.25) is 10.1 Å². The van der Waals surface area contributed by atoms with E-state index in [-0.39, 0.29) is 29.7 Å². The lowest BCUT2D eigenvalue weighted by Gasteiger charge is -2.06. The second kappa shape index (κ2) is 8.82. The number of nitro benzene ring substituents is 1. The summed E-state index contributed by atoms with van der Waals surface area (Å²) in [5.74, 6) is 0.145. The first-order chi connectivity index (χ1) is 16.6. The number of carbonyl (C=O) groups is 1. The molecule has 5 rings (SSSR count). The molecule has 0 saturated carbocycles. The number of hydrogen-bond donors (Lipinski definition) is 0. The maximum atomic E-state index is 12.9. The van der Waals surface area contributed by atoms with Crippen molar-refractivity contribution in [3.63, 3.8) is 0 Å². The second-order valence-electron chi connectivity index (χ2n) is 7.03. The van der Waals surface area contributed by atoms with E-state index in [1.54, 1.807) is 18.2 Å². The number of esters is 1. The van der Waals surface area contributed by atoms with Crippen LogP contribution < -0.4 is 0 Å². The van der Waals surface area contributed by atoms with Crippen LogP contribution in [0.3, 0.4) is 0 Å². The van der Waals surface area contributed by atoms with Crippen molar-refractivity contribution in [3.8, 4) is 28.5 Å². The number of furan rings is 1. The second-order valence-corrected chi connectivity index (χ2v) is 7.03. The molecule has 11 nitrogen and oxygen atoms in total. The first-order valence-electron chi connectivity index (χ1n) is 10.0. The summed E-state index contributed by atoms with van der Waals surface area (Å²) in [5.41, 5.74) is 1.81. The minimum atomic E-state index is -0.649. The molecule has 3 aromatic heterocycles. The lowest BCUT2D eigenvalue weighted by molar-refractivity contribution is -0.384. The molecule has 3 heterocycles. The zero-order chi connectivity index (χ0) is 23.5. The van der Waals surface area contributed by atoms with E-state index in [4.69, 9.17) is 13.7 Å². The van der Waals surface area contributed by atoms with Crippen LogP contribution in [0.1, 0.15) is 16.4 Å². The van der Waals surface area contributed by atoms with Crippen molar-refractivity contribution in [3.05, 3.63) is 101 Å². The lowest BCUT2D eigenvalue weighted by Crippen LogP contribution is -2.12. The van der Waals surface area contributed by atoms with Gasteiger partial charge in [-0.25, -0.2) is 9.48 Å². The van der Waals surface area contributed by atoms with Crippen LogP contribution >= 0.6 is 0 Å².